The van der Waals surface area contributed by atoms with E-state index in [0.717, 1.165) is 21.6 Å². The Bertz CT molecular complexity index is 1140. The molecule has 0 spiro atoms. The molecule has 1 aliphatic heterocycles. The Morgan fingerprint density at radius 2 is 2.06 bits per heavy atom. The van der Waals surface area contributed by atoms with Gasteiger partial charge in [0.1, 0.15) is 6.54 Å². The smallest absolute Gasteiger partial charge is 0.294 e. The van der Waals surface area contributed by atoms with Gasteiger partial charge in [-0.25, -0.2) is 0 Å². The van der Waals surface area contributed by atoms with Crippen molar-refractivity contribution >= 4 is 69.8 Å². The van der Waals surface area contributed by atoms with Gasteiger partial charge in [-0.2, -0.15) is 0 Å². The summed E-state index contributed by atoms with van der Waals surface area (Å²) in [4.78, 5) is 50.5. The molecule has 2 aromatic rings. The number of hydrogen-bond donors (Lipinski definition) is 2. The van der Waals surface area contributed by atoms with Crippen LogP contribution in [0.3, 0.4) is 0 Å². The minimum Gasteiger partial charge on any atom is -0.396 e. The normalized spacial score (nSPS) is 14.7. The Kier molecular flexibility index (Phi) is 8.55. The van der Waals surface area contributed by atoms with E-state index in [1.165, 1.54) is 30.0 Å². The zero-order chi connectivity index (χ0) is 24.0. The van der Waals surface area contributed by atoms with Gasteiger partial charge in [0.2, 0.25) is 5.91 Å². The van der Waals surface area contributed by atoms with Crippen molar-refractivity contribution in [1.29, 1.82) is 0 Å². The van der Waals surface area contributed by atoms with Gasteiger partial charge in [0.25, 0.3) is 16.8 Å². The van der Waals surface area contributed by atoms with Crippen molar-refractivity contribution in [3.8, 4) is 0 Å². The summed E-state index contributed by atoms with van der Waals surface area (Å²) in [6, 6.07) is 11.6. The van der Waals surface area contributed by atoms with Crippen molar-refractivity contribution in [2.45, 2.75) is 9.79 Å². The number of carbonyl (C=O) groups is 3. The molecule has 2 N–H and O–H groups in total. The molecular weight excluding hydrogens is 486 g/mol. The van der Waals surface area contributed by atoms with Crippen LogP contribution < -0.4 is 5.32 Å². The zero-order valence-corrected chi connectivity index (χ0v) is 19.8. The number of aliphatic hydroxyl groups is 1. The first kappa shape index (κ1) is 24.8. The molecule has 0 radical (unpaired) electrons. The third-order valence-electron chi connectivity index (χ3n) is 4.36. The van der Waals surface area contributed by atoms with E-state index in [0.29, 0.717) is 33.7 Å². The molecule has 12 heteroatoms. The van der Waals surface area contributed by atoms with Crippen LogP contribution in [0.5, 0.6) is 0 Å². The van der Waals surface area contributed by atoms with Gasteiger partial charge in [0.15, 0.2) is 0 Å². The van der Waals surface area contributed by atoms with Gasteiger partial charge in [0.05, 0.1) is 21.3 Å². The number of aliphatic hydroxyl groups excluding tert-OH is 1. The molecule has 1 saturated heterocycles. The van der Waals surface area contributed by atoms with Crippen LogP contribution in [0.4, 0.5) is 16.2 Å². The molecule has 172 valence electrons. The molecule has 33 heavy (non-hydrogen) atoms. The van der Waals surface area contributed by atoms with Gasteiger partial charge in [-0.3, -0.25) is 29.4 Å². The summed E-state index contributed by atoms with van der Waals surface area (Å²) in [5.41, 5.74) is 0.771. The molecule has 9 nitrogen and oxygen atoms in total. The number of nitro benzene ring substituents is 1. The van der Waals surface area contributed by atoms with E-state index in [1.54, 1.807) is 24.3 Å². The monoisotopic (exact) mass is 505 g/mol. The lowest BCUT2D eigenvalue weighted by atomic mass is 10.2. The molecule has 0 aliphatic carbocycles. The zero-order valence-electron chi connectivity index (χ0n) is 17.3. The van der Waals surface area contributed by atoms with E-state index in [9.17, 15) is 24.5 Å². The number of nitro groups is 1. The Morgan fingerprint density at radius 1 is 1.27 bits per heavy atom. The summed E-state index contributed by atoms with van der Waals surface area (Å²) in [6.07, 6.45) is 3.29. The molecule has 0 aromatic heterocycles. The standard InChI is InChI=1S/C21H19N3O6S3/c1-31-15-4-2-3-14(11-15)22-19(26)12-23-20(27)18(33-21(23)28)10-13-5-6-17(32-8-7-25)16(9-13)24(29)30/h2-6,9-11,25H,7-8,12H2,1H3,(H,22,26). The Labute approximate surface area is 202 Å². The van der Waals surface area contributed by atoms with Gasteiger partial charge < -0.3 is 10.4 Å². The average molecular weight is 506 g/mol. The Hall–Kier alpha value is -2.80. The van der Waals surface area contributed by atoms with Crippen LogP contribution in [0.1, 0.15) is 5.56 Å². The molecule has 1 heterocycles. The number of hydrogen-bond acceptors (Lipinski definition) is 9. The van der Waals surface area contributed by atoms with Gasteiger partial charge in [-0.15, -0.1) is 23.5 Å². The van der Waals surface area contributed by atoms with Gasteiger partial charge in [-0.05, 0) is 53.9 Å². The predicted molar refractivity (Wildman–Crippen MR) is 130 cm³/mol. The third kappa shape index (κ3) is 6.38. The van der Waals surface area contributed by atoms with E-state index in [-0.39, 0.29) is 17.2 Å². The highest BCUT2D eigenvalue weighted by molar-refractivity contribution is 8.18. The fourth-order valence-corrected chi connectivity index (χ4v) is 4.93. The van der Waals surface area contributed by atoms with Crippen molar-refractivity contribution in [2.24, 2.45) is 0 Å². The number of rotatable bonds is 9. The largest absolute Gasteiger partial charge is 0.396 e. The molecule has 0 saturated carbocycles. The van der Waals surface area contributed by atoms with E-state index in [2.05, 4.69) is 5.32 Å². The van der Waals surface area contributed by atoms with Crippen LogP contribution >= 0.6 is 35.3 Å². The highest BCUT2D eigenvalue weighted by Gasteiger charge is 2.36. The summed E-state index contributed by atoms with van der Waals surface area (Å²) < 4.78 is 0. The number of benzene rings is 2. The number of amides is 3. The SMILES string of the molecule is CSc1cccc(NC(=O)CN2C(=O)SC(=Cc3ccc(SCCO)c([N+](=O)[O-])c3)C2=O)c1. The number of anilines is 1. The fraction of sp³-hybridized carbons (Fsp3) is 0.190. The lowest BCUT2D eigenvalue weighted by molar-refractivity contribution is -0.387. The summed E-state index contributed by atoms with van der Waals surface area (Å²) in [5.74, 6) is -0.847. The van der Waals surface area contributed by atoms with Crippen molar-refractivity contribution < 1.29 is 24.4 Å². The summed E-state index contributed by atoms with van der Waals surface area (Å²) >= 11 is 3.33. The molecule has 1 aliphatic rings. The lowest BCUT2D eigenvalue weighted by Gasteiger charge is -2.12. The van der Waals surface area contributed by atoms with Gasteiger partial charge in [0, 0.05) is 22.4 Å². The predicted octanol–water partition coefficient (Wildman–Crippen LogP) is 4.08. The maximum Gasteiger partial charge on any atom is 0.294 e. The second kappa shape index (κ2) is 11.4. The van der Waals surface area contributed by atoms with E-state index in [1.807, 2.05) is 12.3 Å². The molecule has 3 amide bonds. The van der Waals surface area contributed by atoms with Crippen LogP contribution in [-0.2, 0) is 9.59 Å². The first-order valence-corrected chi connectivity index (χ1v) is 12.6. The summed E-state index contributed by atoms with van der Waals surface area (Å²) in [5, 5.41) is 22.4. The molecule has 0 unspecified atom stereocenters. The second-order valence-electron chi connectivity index (χ2n) is 6.60. The Balaban J connectivity index is 1.73. The Morgan fingerprint density at radius 3 is 2.76 bits per heavy atom. The van der Waals surface area contributed by atoms with Crippen molar-refractivity contribution in [2.75, 3.05) is 30.5 Å². The fourth-order valence-electron chi connectivity index (χ4n) is 2.88. The van der Waals surface area contributed by atoms with Crippen LogP contribution in [0.15, 0.2) is 57.2 Å². The second-order valence-corrected chi connectivity index (χ2v) is 9.61. The van der Waals surface area contributed by atoms with Crippen LogP contribution in [0.2, 0.25) is 0 Å². The van der Waals surface area contributed by atoms with E-state index in [4.69, 9.17) is 5.11 Å². The number of thioether (sulfide) groups is 3. The highest BCUT2D eigenvalue weighted by atomic mass is 32.2. The molecule has 3 rings (SSSR count). The van der Waals surface area contributed by atoms with E-state index >= 15 is 0 Å². The van der Waals surface area contributed by atoms with Crippen LogP contribution in [0, 0.1) is 10.1 Å². The average Bonchev–Trinajstić information content (AvgIpc) is 3.05. The van der Waals surface area contributed by atoms with Crippen LogP contribution in [0.25, 0.3) is 6.08 Å². The van der Waals surface area contributed by atoms with Crippen molar-refractivity contribution in [3.63, 3.8) is 0 Å². The number of nitrogens with one attached hydrogen (secondary N) is 1. The molecular formula is C21H19N3O6S3. The summed E-state index contributed by atoms with van der Waals surface area (Å²) in [7, 11) is 0. The number of carbonyl (C=O) groups excluding carboxylic acids is 3. The quantitative estimate of drug-likeness (QED) is 0.224. The van der Waals surface area contributed by atoms with Crippen molar-refractivity contribution in [3.05, 3.63) is 63.0 Å². The topological polar surface area (TPSA) is 130 Å². The minimum absolute atomic E-state index is 0.0715. The first-order valence-electron chi connectivity index (χ1n) is 9.53. The highest BCUT2D eigenvalue weighted by Crippen LogP contribution is 2.35. The summed E-state index contributed by atoms with van der Waals surface area (Å²) in [6.45, 7) is -0.560. The van der Waals surface area contributed by atoms with Crippen molar-refractivity contribution in [1.82, 2.24) is 4.90 Å². The third-order valence-corrected chi connectivity index (χ3v) is 7.03. The molecule has 0 atom stereocenters. The number of nitrogens with zero attached hydrogens (tertiary/aromatic N) is 2. The molecule has 1 fully saturated rings. The molecule has 0 bridgehead atoms. The maximum atomic E-state index is 12.7. The van der Waals surface area contributed by atoms with Crippen LogP contribution in [-0.4, -0.2) is 57.1 Å². The van der Waals surface area contributed by atoms with Gasteiger partial charge >= 0.3 is 0 Å². The van der Waals surface area contributed by atoms with E-state index < -0.39 is 28.5 Å². The first-order chi connectivity index (χ1) is 15.8. The van der Waals surface area contributed by atoms with Gasteiger partial charge in [-0.1, -0.05) is 12.1 Å². The molecule has 2 aromatic carbocycles. The maximum absolute atomic E-state index is 12.7. The lowest BCUT2D eigenvalue weighted by Crippen LogP contribution is -2.36. The minimum atomic E-state index is -0.639. The number of imide groups is 1.